The van der Waals surface area contributed by atoms with E-state index in [1.807, 2.05) is 0 Å². The van der Waals surface area contributed by atoms with Gasteiger partial charge in [0, 0.05) is 31.6 Å². The van der Waals surface area contributed by atoms with Crippen LogP contribution in [-0.4, -0.2) is 30.0 Å². The van der Waals surface area contributed by atoms with Crippen molar-refractivity contribution in [1.82, 2.24) is 4.90 Å². The summed E-state index contributed by atoms with van der Waals surface area (Å²) in [6, 6.07) is 10.5. The fraction of sp³-hybridized carbons (Fsp3) is 0.278. The summed E-state index contributed by atoms with van der Waals surface area (Å²) in [5, 5.41) is 0. The molecule has 0 aromatic heterocycles. The highest BCUT2D eigenvalue weighted by molar-refractivity contribution is 5.94. The largest absolute Gasteiger partial charge is 0.490 e. The third-order valence-corrected chi connectivity index (χ3v) is 4.09. The number of carbonyl (C=O) groups excluding carboxylic acids is 1. The predicted octanol–water partition coefficient (Wildman–Crippen LogP) is 3.23. The zero-order valence-corrected chi connectivity index (χ0v) is 13.0. The summed E-state index contributed by atoms with van der Waals surface area (Å²) in [6.07, 6.45) is 1.17. The van der Waals surface area contributed by atoms with Crippen molar-refractivity contribution in [2.24, 2.45) is 0 Å². The summed E-state index contributed by atoms with van der Waals surface area (Å²) >= 11 is 0. The molecule has 0 radical (unpaired) electrons. The summed E-state index contributed by atoms with van der Waals surface area (Å²) in [7, 11) is 0. The van der Waals surface area contributed by atoms with Crippen LogP contribution in [0.3, 0.4) is 0 Å². The van der Waals surface area contributed by atoms with Crippen molar-refractivity contribution in [3.8, 4) is 5.75 Å². The fourth-order valence-electron chi connectivity index (χ4n) is 2.78. The maximum atomic E-state index is 13.7. The average Bonchev–Trinajstić information content (AvgIpc) is 2.57. The maximum Gasteiger partial charge on any atom is 0.259 e. The van der Waals surface area contributed by atoms with E-state index in [1.165, 1.54) is 11.0 Å². The van der Waals surface area contributed by atoms with E-state index in [0.717, 1.165) is 12.1 Å². The molecule has 1 aliphatic heterocycles. The molecule has 2 aromatic rings. The molecule has 0 aliphatic carbocycles. The number of likely N-dealkylation sites (tertiary alicyclic amines) is 1. The van der Waals surface area contributed by atoms with Gasteiger partial charge in [0.05, 0.1) is 0 Å². The lowest BCUT2D eigenvalue weighted by Gasteiger charge is -2.32. The van der Waals surface area contributed by atoms with Gasteiger partial charge in [0.1, 0.15) is 29.1 Å². The third-order valence-electron chi connectivity index (χ3n) is 4.09. The molecule has 0 unspecified atom stereocenters. The Kier molecular flexibility index (Phi) is 4.64. The molecular formula is C18H18F2N2O2. The van der Waals surface area contributed by atoms with Crippen molar-refractivity contribution in [1.29, 1.82) is 0 Å². The molecule has 0 atom stereocenters. The van der Waals surface area contributed by atoms with Crippen LogP contribution in [0.25, 0.3) is 0 Å². The first-order valence-electron chi connectivity index (χ1n) is 7.80. The van der Waals surface area contributed by atoms with E-state index >= 15 is 0 Å². The molecule has 1 fully saturated rings. The smallest absolute Gasteiger partial charge is 0.259 e. The number of hydrogen-bond acceptors (Lipinski definition) is 3. The van der Waals surface area contributed by atoms with Crippen LogP contribution in [-0.2, 0) is 0 Å². The Balaban J connectivity index is 1.60. The minimum Gasteiger partial charge on any atom is -0.490 e. The normalized spacial score (nSPS) is 15.3. The first kappa shape index (κ1) is 16.2. The van der Waals surface area contributed by atoms with Crippen molar-refractivity contribution in [2.75, 3.05) is 18.8 Å². The molecule has 2 N–H and O–H groups in total. The molecular weight excluding hydrogens is 314 g/mol. The zero-order chi connectivity index (χ0) is 17.1. The van der Waals surface area contributed by atoms with Gasteiger partial charge in [-0.3, -0.25) is 4.79 Å². The molecule has 0 saturated carbocycles. The van der Waals surface area contributed by atoms with Gasteiger partial charge in [-0.15, -0.1) is 0 Å². The zero-order valence-electron chi connectivity index (χ0n) is 13.0. The average molecular weight is 332 g/mol. The summed E-state index contributed by atoms with van der Waals surface area (Å²) in [5.74, 6) is -1.56. The summed E-state index contributed by atoms with van der Waals surface area (Å²) in [4.78, 5) is 13.8. The van der Waals surface area contributed by atoms with E-state index in [1.54, 1.807) is 24.3 Å². The van der Waals surface area contributed by atoms with Crippen molar-refractivity contribution in [3.63, 3.8) is 0 Å². The Morgan fingerprint density at radius 3 is 2.21 bits per heavy atom. The molecule has 24 heavy (non-hydrogen) atoms. The maximum absolute atomic E-state index is 13.7. The van der Waals surface area contributed by atoms with Crippen LogP contribution in [0.4, 0.5) is 14.5 Å². The van der Waals surface area contributed by atoms with Crippen molar-refractivity contribution in [3.05, 3.63) is 59.7 Å². The highest BCUT2D eigenvalue weighted by Gasteiger charge is 2.28. The molecule has 3 rings (SSSR count). The van der Waals surface area contributed by atoms with Gasteiger partial charge in [-0.1, -0.05) is 6.07 Å². The monoisotopic (exact) mass is 332 g/mol. The van der Waals surface area contributed by atoms with Crippen LogP contribution in [0.1, 0.15) is 23.2 Å². The van der Waals surface area contributed by atoms with Gasteiger partial charge < -0.3 is 15.4 Å². The van der Waals surface area contributed by atoms with E-state index in [4.69, 9.17) is 10.5 Å². The molecule has 1 saturated heterocycles. The Morgan fingerprint density at radius 1 is 1.04 bits per heavy atom. The van der Waals surface area contributed by atoms with E-state index in [0.29, 0.717) is 37.4 Å². The Morgan fingerprint density at radius 2 is 1.62 bits per heavy atom. The van der Waals surface area contributed by atoms with Crippen LogP contribution in [0.5, 0.6) is 5.75 Å². The number of halogens is 2. The van der Waals surface area contributed by atoms with Crippen LogP contribution >= 0.6 is 0 Å². The Hall–Kier alpha value is -2.63. The van der Waals surface area contributed by atoms with Crippen LogP contribution in [0, 0.1) is 11.6 Å². The van der Waals surface area contributed by atoms with E-state index in [2.05, 4.69) is 0 Å². The van der Waals surface area contributed by atoms with Gasteiger partial charge in [0.25, 0.3) is 5.91 Å². The molecule has 126 valence electrons. The van der Waals surface area contributed by atoms with Crippen LogP contribution in [0.2, 0.25) is 0 Å². The lowest BCUT2D eigenvalue weighted by molar-refractivity contribution is 0.0587. The van der Waals surface area contributed by atoms with Crippen LogP contribution < -0.4 is 10.5 Å². The van der Waals surface area contributed by atoms with E-state index < -0.39 is 23.1 Å². The van der Waals surface area contributed by atoms with Gasteiger partial charge in [-0.05, 0) is 36.4 Å². The number of nitrogens with zero attached hydrogens (tertiary/aromatic N) is 1. The fourth-order valence-corrected chi connectivity index (χ4v) is 2.78. The first-order chi connectivity index (χ1) is 11.5. The van der Waals surface area contributed by atoms with Crippen molar-refractivity contribution in [2.45, 2.75) is 18.9 Å². The number of rotatable bonds is 3. The lowest BCUT2D eigenvalue weighted by atomic mass is 10.1. The molecule has 2 aromatic carbocycles. The van der Waals surface area contributed by atoms with Gasteiger partial charge >= 0.3 is 0 Å². The molecule has 1 amide bonds. The minimum atomic E-state index is -0.833. The second-order valence-corrected chi connectivity index (χ2v) is 5.78. The van der Waals surface area contributed by atoms with Gasteiger partial charge in [-0.2, -0.15) is 0 Å². The molecule has 6 heteroatoms. The second-order valence-electron chi connectivity index (χ2n) is 5.78. The van der Waals surface area contributed by atoms with E-state index in [-0.39, 0.29) is 6.10 Å². The predicted molar refractivity (Wildman–Crippen MR) is 86.8 cm³/mol. The second kappa shape index (κ2) is 6.86. The minimum absolute atomic E-state index is 0.0388. The number of nitrogen functional groups attached to an aromatic ring is 1. The van der Waals surface area contributed by atoms with Gasteiger partial charge in [-0.25, -0.2) is 8.78 Å². The number of hydrogen-bond donors (Lipinski definition) is 1. The SMILES string of the molecule is Nc1ccc(OC2CCN(C(=O)c3c(F)cccc3F)CC2)cc1. The molecule has 1 aliphatic rings. The topological polar surface area (TPSA) is 55.6 Å². The quantitative estimate of drug-likeness (QED) is 0.878. The number of ether oxygens (including phenoxy) is 1. The number of nitrogens with two attached hydrogens (primary N) is 1. The summed E-state index contributed by atoms with van der Waals surface area (Å²) < 4.78 is 33.3. The Bertz CT molecular complexity index is 706. The van der Waals surface area contributed by atoms with Crippen molar-refractivity contribution < 1.29 is 18.3 Å². The third kappa shape index (κ3) is 3.48. The number of anilines is 1. The summed E-state index contributed by atoms with van der Waals surface area (Å²) in [6.45, 7) is 0.790. The molecule has 1 heterocycles. The first-order valence-corrected chi connectivity index (χ1v) is 7.80. The van der Waals surface area contributed by atoms with Crippen LogP contribution in [0.15, 0.2) is 42.5 Å². The summed E-state index contributed by atoms with van der Waals surface area (Å²) in [5.41, 5.74) is 5.80. The standard InChI is InChI=1S/C18H18F2N2O2/c19-15-2-1-3-16(20)17(15)18(23)22-10-8-14(9-11-22)24-13-6-4-12(21)5-7-13/h1-7,14H,8-11,21H2. The van der Waals surface area contributed by atoms with E-state index in [9.17, 15) is 13.6 Å². The Labute approximate surface area is 138 Å². The highest BCUT2D eigenvalue weighted by Crippen LogP contribution is 2.22. The number of carbonyl (C=O) groups is 1. The highest BCUT2D eigenvalue weighted by atomic mass is 19.1. The molecule has 0 bridgehead atoms. The number of amides is 1. The lowest BCUT2D eigenvalue weighted by Crippen LogP contribution is -2.42. The van der Waals surface area contributed by atoms with Gasteiger partial charge in [0.15, 0.2) is 0 Å². The molecule has 0 spiro atoms. The van der Waals surface area contributed by atoms with Crippen molar-refractivity contribution >= 4 is 11.6 Å². The number of benzene rings is 2. The number of piperidine rings is 1. The van der Waals surface area contributed by atoms with Gasteiger partial charge in [0.2, 0.25) is 0 Å². The molecule has 4 nitrogen and oxygen atoms in total.